The lowest BCUT2D eigenvalue weighted by Crippen LogP contribution is -2.53. The molecule has 2 aromatic heterocycles. The Morgan fingerprint density at radius 2 is 1.54 bits per heavy atom. The molecule has 2 aliphatic rings. The predicted molar refractivity (Wildman–Crippen MR) is 155 cm³/mol. The van der Waals surface area contributed by atoms with Gasteiger partial charge in [0.25, 0.3) is 0 Å². The van der Waals surface area contributed by atoms with Crippen molar-refractivity contribution < 1.29 is 22.3 Å². The third kappa shape index (κ3) is 4.19. The summed E-state index contributed by atoms with van der Waals surface area (Å²) in [4.78, 5) is 0. The van der Waals surface area contributed by atoms with Gasteiger partial charge < -0.3 is 0 Å². The molecule has 202 valence electrons. The SMILES string of the molecule is C=C1C2C(CCc3cc(C(F)(F)F)ccc3-c3cc(C)c(-c4ccccc4)c[n+]31)c1ccccc1-c1cccc[n+]12. The summed E-state index contributed by atoms with van der Waals surface area (Å²) in [5, 5.41) is 0. The van der Waals surface area contributed by atoms with Gasteiger partial charge in [0.15, 0.2) is 12.4 Å². The van der Waals surface area contributed by atoms with E-state index in [2.05, 4.69) is 70.9 Å². The van der Waals surface area contributed by atoms with Gasteiger partial charge in [-0.1, -0.05) is 48.5 Å². The summed E-state index contributed by atoms with van der Waals surface area (Å²) in [7, 11) is 0. The molecular formula is C36H29F3N2+2. The smallest absolute Gasteiger partial charge is 0.184 e. The molecule has 2 aliphatic heterocycles. The van der Waals surface area contributed by atoms with Crippen molar-refractivity contribution in [1.82, 2.24) is 0 Å². The molecule has 0 spiro atoms. The number of rotatable bonds is 1. The van der Waals surface area contributed by atoms with Gasteiger partial charge in [0.2, 0.25) is 23.1 Å². The molecule has 0 amide bonds. The molecule has 0 radical (unpaired) electrons. The minimum atomic E-state index is -4.41. The highest BCUT2D eigenvalue weighted by Gasteiger charge is 2.47. The average Bonchev–Trinajstić information content (AvgIpc) is 3.03. The van der Waals surface area contributed by atoms with Crippen molar-refractivity contribution in [2.45, 2.75) is 37.9 Å². The molecule has 5 heteroatoms. The van der Waals surface area contributed by atoms with E-state index in [1.54, 1.807) is 6.07 Å². The van der Waals surface area contributed by atoms with Gasteiger partial charge in [-0.3, -0.25) is 0 Å². The first kappa shape index (κ1) is 25.5. The van der Waals surface area contributed by atoms with E-state index >= 15 is 0 Å². The van der Waals surface area contributed by atoms with E-state index in [-0.39, 0.29) is 12.0 Å². The number of nitrogens with zero attached hydrogens (tertiary/aromatic N) is 2. The highest BCUT2D eigenvalue weighted by molar-refractivity contribution is 5.72. The Kier molecular flexibility index (Phi) is 5.93. The fourth-order valence-corrected chi connectivity index (χ4v) is 6.75. The van der Waals surface area contributed by atoms with Crippen LogP contribution < -0.4 is 9.13 Å². The van der Waals surface area contributed by atoms with Gasteiger partial charge in [-0.05, 0) is 78.9 Å². The molecule has 2 nitrogen and oxygen atoms in total. The summed E-state index contributed by atoms with van der Waals surface area (Å²) in [5.41, 5.74) is 9.32. The summed E-state index contributed by atoms with van der Waals surface area (Å²) >= 11 is 0. The number of alkyl halides is 3. The zero-order valence-corrected chi connectivity index (χ0v) is 22.7. The molecule has 0 N–H and O–H groups in total. The van der Waals surface area contributed by atoms with Crippen molar-refractivity contribution in [2.75, 3.05) is 0 Å². The van der Waals surface area contributed by atoms with E-state index in [1.807, 2.05) is 36.4 Å². The lowest BCUT2D eigenvalue weighted by molar-refractivity contribution is -0.727. The molecule has 0 aliphatic carbocycles. The van der Waals surface area contributed by atoms with Crippen LogP contribution >= 0.6 is 0 Å². The van der Waals surface area contributed by atoms with Crippen LogP contribution in [0.5, 0.6) is 0 Å². The van der Waals surface area contributed by atoms with Gasteiger partial charge in [-0.25, -0.2) is 0 Å². The predicted octanol–water partition coefficient (Wildman–Crippen LogP) is 8.35. The van der Waals surface area contributed by atoms with Gasteiger partial charge in [-0.2, -0.15) is 22.3 Å². The van der Waals surface area contributed by atoms with Crippen LogP contribution in [-0.2, 0) is 12.6 Å². The molecular weight excluding hydrogens is 517 g/mol. The minimum absolute atomic E-state index is 0.0286. The normalized spacial score (nSPS) is 17.6. The Bertz CT molecular complexity index is 1820. The Balaban J connectivity index is 1.52. The Morgan fingerprint density at radius 1 is 0.780 bits per heavy atom. The summed E-state index contributed by atoms with van der Waals surface area (Å²) in [6.45, 7) is 6.77. The molecule has 41 heavy (non-hydrogen) atoms. The lowest BCUT2D eigenvalue weighted by atomic mass is 9.78. The van der Waals surface area contributed by atoms with E-state index in [4.69, 9.17) is 6.58 Å². The first-order valence-corrected chi connectivity index (χ1v) is 13.9. The van der Waals surface area contributed by atoms with Crippen LogP contribution in [0, 0.1) is 6.92 Å². The number of benzene rings is 3. The fourth-order valence-electron chi connectivity index (χ4n) is 6.75. The number of hydrogen-bond acceptors (Lipinski definition) is 0. The molecule has 0 bridgehead atoms. The van der Waals surface area contributed by atoms with Gasteiger partial charge in [-0.15, -0.1) is 0 Å². The maximum atomic E-state index is 13.9. The van der Waals surface area contributed by atoms with Crippen molar-refractivity contribution in [3.05, 3.63) is 138 Å². The van der Waals surface area contributed by atoms with E-state index in [0.29, 0.717) is 18.4 Å². The van der Waals surface area contributed by atoms with Crippen LogP contribution in [0.3, 0.4) is 0 Å². The maximum absolute atomic E-state index is 13.9. The number of aryl methyl sites for hydroxylation is 2. The van der Waals surface area contributed by atoms with Crippen LogP contribution in [0.1, 0.15) is 40.6 Å². The number of fused-ring (bicyclic) bond motifs is 9. The van der Waals surface area contributed by atoms with E-state index in [9.17, 15) is 13.2 Å². The van der Waals surface area contributed by atoms with Gasteiger partial charge in [0.05, 0.1) is 11.5 Å². The van der Waals surface area contributed by atoms with Crippen molar-refractivity contribution in [3.8, 4) is 33.6 Å². The Hall–Kier alpha value is -4.51. The summed E-state index contributed by atoms with van der Waals surface area (Å²) < 4.78 is 46.1. The monoisotopic (exact) mass is 546 g/mol. The maximum Gasteiger partial charge on any atom is 0.416 e. The van der Waals surface area contributed by atoms with Crippen LogP contribution in [0.2, 0.25) is 0 Å². The second-order valence-corrected chi connectivity index (χ2v) is 11.0. The number of aromatic nitrogens is 2. The van der Waals surface area contributed by atoms with Crippen molar-refractivity contribution in [1.29, 1.82) is 0 Å². The zero-order chi connectivity index (χ0) is 28.3. The zero-order valence-electron chi connectivity index (χ0n) is 22.7. The summed E-state index contributed by atoms with van der Waals surface area (Å²) in [6, 6.07) is 31.0. The Labute approximate surface area is 237 Å². The molecule has 2 unspecified atom stereocenters. The van der Waals surface area contributed by atoms with Crippen molar-refractivity contribution in [2.24, 2.45) is 0 Å². The summed E-state index contributed by atoms with van der Waals surface area (Å²) in [6.07, 6.45) is 1.03. The highest BCUT2D eigenvalue weighted by atomic mass is 19.4. The van der Waals surface area contributed by atoms with Gasteiger partial charge >= 0.3 is 6.18 Å². The molecule has 4 heterocycles. The van der Waals surface area contributed by atoms with E-state index < -0.39 is 11.7 Å². The molecule has 0 saturated carbocycles. The number of halogens is 3. The minimum Gasteiger partial charge on any atom is -0.184 e. The second-order valence-electron chi connectivity index (χ2n) is 11.0. The van der Waals surface area contributed by atoms with E-state index in [0.717, 1.165) is 44.9 Å². The van der Waals surface area contributed by atoms with E-state index in [1.165, 1.54) is 17.7 Å². The molecule has 5 aromatic rings. The standard InChI is InChI=1S/C36H29F3N2/c1-23-20-34-28-18-16-27(36(37,38)39)21-26(28)15-17-31-29-12-6-7-13-30(29)33-14-8-9-19-40(33)35(31)24(2)41(34)22-32(23)25-10-4-3-5-11-25/h3-14,16,18-22,31,35H,2,15,17H2,1H3/q+2. The third-order valence-corrected chi connectivity index (χ3v) is 8.67. The molecule has 0 fully saturated rings. The topological polar surface area (TPSA) is 7.76 Å². The third-order valence-electron chi connectivity index (χ3n) is 8.67. The fraction of sp³-hybridized carbons (Fsp3) is 0.167. The largest absolute Gasteiger partial charge is 0.416 e. The second kappa shape index (κ2) is 9.55. The van der Waals surface area contributed by atoms with Crippen molar-refractivity contribution in [3.63, 3.8) is 0 Å². The average molecular weight is 547 g/mol. The quantitative estimate of drug-likeness (QED) is 0.187. The van der Waals surface area contributed by atoms with Crippen LogP contribution in [0.4, 0.5) is 13.2 Å². The molecule has 3 aromatic carbocycles. The first-order valence-electron chi connectivity index (χ1n) is 13.9. The Morgan fingerprint density at radius 3 is 2.34 bits per heavy atom. The van der Waals surface area contributed by atoms with Gasteiger partial charge in [0, 0.05) is 34.9 Å². The molecule has 2 atom stereocenters. The summed E-state index contributed by atoms with van der Waals surface area (Å²) in [5.74, 6) is 0.0286. The van der Waals surface area contributed by atoms with Gasteiger partial charge in [0.1, 0.15) is 0 Å². The highest BCUT2D eigenvalue weighted by Crippen LogP contribution is 2.45. The number of hydrogen-bond donors (Lipinski definition) is 0. The first-order chi connectivity index (χ1) is 19.8. The van der Waals surface area contributed by atoms with Crippen LogP contribution in [0.25, 0.3) is 39.3 Å². The number of allylic oxidation sites excluding steroid dienone is 1. The number of pyridine rings is 2. The van der Waals surface area contributed by atoms with Crippen molar-refractivity contribution >= 4 is 5.70 Å². The van der Waals surface area contributed by atoms with Crippen LogP contribution in [0.15, 0.2) is 116 Å². The molecule has 7 rings (SSSR count). The molecule has 0 saturated heterocycles. The van der Waals surface area contributed by atoms with Crippen LogP contribution in [-0.4, -0.2) is 0 Å². The lowest BCUT2D eigenvalue weighted by Gasteiger charge is -2.29.